The molecule has 0 bridgehead atoms. The zero-order valence-corrected chi connectivity index (χ0v) is 12.7. The number of aliphatic hydroxyl groups excluding tert-OH is 1. The van der Waals surface area contributed by atoms with Crippen molar-refractivity contribution in [1.29, 1.82) is 0 Å². The van der Waals surface area contributed by atoms with Gasteiger partial charge in [-0.25, -0.2) is 0 Å². The molecule has 20 heavy (non-hydrogen) atoms. The number of hydrogen-bond acceptors (Lipinski definition) is 3. The molecule has 0 spiro atoms. The molecule has 0 radical (unpaired) electrons. The van der Waals surface area contributed by atoms with E-state index < -0.39 is 6.10 Å². The van der Waals surface area contributed by atoms with Crippen LogP contribution >= 0.6 is 0 Å². The van der Waals surface area contributed by atoms with Gasteiger partial charge in [0.15, 0.2) is 0 Å². The second-order valence-corrected chi connectivity index (χ2v) is 5.95. The van der Waals surface area contributed by atoms with E-state index >= 15 is 0 Å². The van der Waals surface area contributed by atoms with E-state index in [0.29, 0.717) is 19.3 Å². The van der Waals surface area contributed by atoms with Crippen molar-refractivity contribution in [2.45, 2.75) is 58.2 Å². The molecule has 0 aliphatic heterocycles. The van der Waals surface area contributed by atoms with E-state index in [1.807, 2.05) is 0 Å². The molecule has 1 atom stereocenters. The Kier molecular flexibility index (Phi) is 5.86. The molecular formula is C17H27NO2. The summed E-state index contributed by atoms with van der Waals surface area (Å²) in [5, 5.41) is 13.3. The van der Waals surface area contributed by atoms with Crippen LogP contribution < -0.4 is 5.32 Å². The zero-order chi connectivity index (χ0) is 14.4. The van der Waals surface area contributed by atoms with Gasteiger partial charge in [-0.2, -0.15) is 0 Å². The van der Waals surface area contributed by atoms with Crippen LogP contribution in [0.2, 0.25) is 0 Å². The summed E-state index contributed by atoms with van der Waals surface area (Å²) in [5.74, 6) is 0. The standard InChI is InChI=1S/C17H27NO2/c1-13-8-9-17(14(2)10-13)18-11-15(19)12-20-16-6-4-3-5-7-16/h8-10,15-16,18-19H,3-7,11-12H2,1-2H3. The van der Waals surface area contributed by atoms with Gasteiger partial charge in [-0.1, -0.05) is 37.0 Å². The first-order valence-corrected chi connectivity index (χ1v) is 7.76. The molecule has 2 rings (SSSR count). The van der Waals surface area contributed by atoms with Crippen LogP contribution in [-0.2, 0) is 4.74 Å². The van der Waals surface area contributed by atoms with E-state index in [-0.39, 0.29) is 0 Å². The third-order valence-electron chi connectivity index (χ3n) is 3.99. The number of rotatable bonds is 6. The van der Waals surface area contributed by atoms with E-state index in [2.05, 4.69) is 37.4 Å². The average Bonchev–Trinajstić information content (AvgIpc) is 2.45. The number of aliphatic hydroxyl groups is 1. The molecule has 1 aliphatic rings. The van der Waals surface area contributed by atoms with Crippen LogP contribution in [0.4, 0.5) is 5.69 Å². The summed E-state index contributed by atoms with van der Waals surface area (Å²) >= 11 is 0. The molecule has 1 saturated carbocycles. The van der Waals surface area contributed by atoms with Gasteiger partial charge in [0.1, 0.15) is 0 Å². The summed E-state index contributed by atoms with van der Waals surface area (Å²) in [7, 11) is 0. The van der Waals surface area contributed by atoms with Crippen molar-refractivity contribution < 1.29 is 9.84 Å². The summed E-state index contributed by atoms with van der Waals surface area (Å²) in [6.07, 6.45) is 6.07. The van der Waals surface area contributed by atoms with E-state index in [1.54, 1.807) is 0 Å². The topological polar surface area (TPSA) is 41.5 Å². The average molecular weight is 277 g/mol. The quantitative estimate of drug-likeness (QED) is 0.837. The Morgan fingerprint density at radius 1 is 1.25 bits per heavy atom. The first-order chi connectivity index (χ1) is 9.65. The van der Waals surface area contributed by atoms with Crippen LogP contribution in [0.1, 0.15) is 43.2 Å². The fourth-order valence-electron chi connectivity index (χ4n) is 2.78. The van der Waals surface area contributed by atoms with Gasteiger partial charge in [-0.05, 0) is 38.3 Å². The molecule has 2 N–H and O–H groups in total. The van der Waals surface area contributed by atoms with Crippen molar-refractivity contribution in [3.63, 3.8) is 0 Å². The summed E-state index contributed by atoms with van der Waals surface area (Å²) < 4.78 is 5.79. The molecule has 3 nitrogen and oxygen atoms in total. The second-order valence-electron chi connectivity index (χ2n) is 5.95. The maximum atomic E-state index is 10.00. The summed E-state index contributed by atoms with van der Waals surface area (Å²) in [5.41, 5.74) is 3.56. The van der Waals surface area contributed by atoms with E-state index in [0.717, 1.165) is 18.5 Å². The minimum absolute atomic E-state index is 0.361. The molecule has 112 valence electrons. The van der Waals surface area contributed by atoms with Gasteiger partial charge in [-0.15, -0.1) is 0 Å². The van der Waals surface area contributed by atoms with Gasteiger partial charge in [0.05, 0.1) is 18.8 Å². The number of aryl methyl sites for hydroxylation is 2. The Morgan fingerprint density at radius 2 is 2.00 bits per heavy atom. The monoisotopic (exact) mass is 277 g/mol. The van der Waals surface area contributed by atoms with E-state index in [9.17, 15) is 5.11 Å². The molecule has 0 heterocycles. The minimum atomic E-state index is -0.447. The first-order valence-electron chi connectivity index (χ1n) is 7.76. The van der Waals surface area contributed by atoms with Crippen molar-refractivity contribution in [2.75, 3.05) is 18.5 Å². The second kappa shape index (κ2) is 7.65. The lowest BCUT2D eigenvalue weighted by atomic mass is 9.98. The number of hydrogen-bond donors (Lipinski definition) is 2. The van der Waals surface area contributed by atoms with Crippen LogP contribution in [0.3, 0.4) is 0 Å². The molecule has 1 aromatic carbocycles. The zero-order valence-electron chi connectivity index (χ0n) is 12.7. The molecular weight excluding hydrogens is 250 g/mol. The lowest BCUT2D eigenvalue weighted by molar-refractivity contribution is -0.0195. The van der Waals surface area contributed by atoms with Crippen molar-refractivity contribution in [1.82, 2.24) is 0 Å². The van der Waals surface area contributed by atoms with Crippen molar-refractivity contribution >= 4 is 5.69 Å². The molecule has 3 heteroatoms. The lowest BCUT2D eigenvalue weighted by Crippen LogP contribution is -2.28. The van der Waals surface area contributed by atoms with Gasteiger partial charge < -0.3 is 15.2 Å². The Bertz CT molecular complexity index is 413. The maximum absolute atomic E-state index is 10.00. The number of ether oxygens (including phenoxy) is 1. The fraction of sp³-hybridized carbons (Fsp3) is 0.647. The highest BCUT2D eigenvalue weighted by atomic mass is 16.5. The lowest BCUT2D eigenvalue weighted by Gasteiger charge is -2.23. The SMILES string of the molecule is Cc1ccc(NCC(O)COC2CCCCC2)c(C)c1. The Hall–Kier alpha value is -1.06. The van der Waals surface area contributed by atoms with Gasteiger partial charge in [0.2, 0.25) is 0 Å². The van der Waals surface area contributed by atoms with Crippen LogP contribution in [0.15, 0.2) is 18.2 Å². The van der Waals surface area contributed by atoms with Crippen LogP contribution in [0, 0.1) is 13.8 Å². The third kappa shape index (κ3) is 4.80. The Labute approximate surface area is 122 Å². The van der Waals surface area contributed by atoms with Gasteiger partial charge >= 0.3 is 0 Å². The Balaban J connectivity index is 1.70. The van der Waals surface area contributed by atoms with Crippen LogP contribution in [-0.4, -0.2) is 30.5 Å². The minimum Gasteiger partial charge on any atom is -0.389 e. The highest BCUT2D eigenvalue weighted by Gasteiger charge is 2.15. The number of anilines is 1. The highest BCUT2D eigenvalue weighted by Crippen LogP contribution is 2.20. The number of nitrogens with one attached hydrogen (secondary N) is 1. The van der Waals surface area contributed by atoms with Crippen molar-refractivity contribution in [3.05, 3.63) is 29.3 Å². The van der Waals surface area contributed by atoms with E-state index in [1.165, 1.54) is 30.4 Å². The van der Waals surface area contributed by atoms with Gasteiger partial charge in [0, 0.05) is 12.2 Å². The van der Waals surface area contributed by atoms with Gasteiger partial charge in [-0.3, -0.25) is 0 Å². The van der Waals surface area contributed by atoms with E-state index in [4.69, 9.17) is 4.74 Å². The molecule has 0 amide bonds. The summed E-state index contributed by atoms with van der Waals surface area (Å²) in [4.78, 5) is 0. The predicted molar refractivity (Wildman–Crippen MR) is 83.2 cm³/mol. The molecule has 1 aliphatic carbocycles. The fourth-order valence-corrected chi connectivity index (χ4v) is 2.78. The largest absolute Gasteiger partial charge is 0.389 e. The van der Waals surface area contributed by atoms with Crippen molar-refractivity contribution in [3.8, 4) is 0 Å². The molecule has 0 saturated heterocycles. The van der Waals surface area contributed by atoms with Crippen molar-refractivity contribution in [2.24, 2.45) is 0 Å². The summed E-state index contributed by atoms with van der Waals surface area (Å²) in [6, 6.07) is 6.30. The molecule has 1 unspecified atom stereocenters. The normalized spacial score (nSPS) is 17.9. The highest BCUT2D eigenvalue weighted by molar-refractivity contribution is 5.51. The van der Waals surface area contributed by atoms with Crippen LogP contribution in [0.5, 0.6) is 0 Å². The first kappa shape index (κ1) is 15.3. The molecule has 1 fully saturated rings. The van der Waals surface area contributed by atoms with Gasteiger partial charge in [0.25, 0.3) is 0 Å². The third-order valence-corrected chi connectivity index (χ3v) is 3.99. The maximum Gasteiger partial charge on any atom is 0.0945 e. The van der Waals surface area contributed by atoms with Crippen LogP contribution in [0.25, 0.3) is 0 Å². The Morgan fingerprint density at radius 3 is 2.70 bits per heavy atom. The molecule has 0 aromatic heterocycles. The summed E-state index contributed by atoms with van der Waals surface area (Å²) in [6.45, 7) is 5.14. The molecule has 1 aromatic rings. The number of benzene rings is 1. The predicted octanol–water partition coefficient (Wildman–Crippen LogP) is 3.43. The smallest absolute Gasteiger partial charge is 0.0945 e.